The van der Waals surface area contributed by atoms with E-state index in [0.717, 1.165) is 12.8 Å². The van der Waals surface area contributed by atoms with Crippen molar-refractivity contribution in [1.82, 2.24) is 0 Å². The molecule has 1 fully saturated rings. The van der Waals surface area contributed by atoms with Crippen molar-refractivity contribution >= 4 is 5.97 Å². The highest BCUT2D eigenvalue weighted by atomic mass is 16.5. The first-order valence-electron chi connectivity index (χ1n) is 6.53. The van der Waals surface area contributed by atoms with E-state index in [4.69, 9.17) is 5.73 Å². The minimum absolute atomic E-state index is 0.0208. The van der Waals surface area contributed by atoms with E-state index in [-0.39, 0.29) is 17.9 Å². The lowest BCUT2D eigenvalue weighted by Gasteiger charge is -2.03. The summed E-state index contributed by atoms with van der Waals surface area (Å²) >= 11 is 0. The zero-order chi connectivity index (χ0) is 13.4. The van der Waals surface area contributed by atoms with Gasteiger partial charge in [-0.1, -0.05) is 43.2 Å². The van der Waals surface area contributed by atoms with E-state index in [1.54, 1.807) is 0 Å². The molecule has 18 heavy (non-hydrogen) atoms. The van der Waals surface area contributed by atoms with Gasteiger partial charge in [0.1, 0.15) is 0 Å². The van der Waals surface area contributed by atoms with Crippen LogP contribution in [0.5, 0.6) is 0 Å². The summed E-state index contributed by atoms with van der Waals surface area (Å²) in [4.78, 5) is 10.8. The number of benzene rings is 1. The van der Waals surface area contributed by atoms with Gasteiger partial charge in [-0.15, -0.1) is 0 Å². The van der Waals surface area contributed by atoms with Gasteiger partial charge in [0.05, 0.1) is 13.0 Å². The Morgan fingerprint density at radius 2 is 1.83 bits per heavy atom. The fourth-order valence-electron chi connectivity index (χ4n) is 2.08. The van der Waals surface area contributed by atoms with E-state index in [9.17, 15) is 4.79 Å². The Kier molecular flexibility index (Phi) is 6.44. The molecule has 0 saturated heterocycles. The first-order chi connectivity index (χ1) is 8.65. The van der Waals surface area contributed by atoms with E-state index < -0.39 is 0 Å². The van der Waals surface area contributed by atoms with Crippen LogP contribution in [-0.4, -0.2) is 13.1 Å². The summed E-state index contributed by atoms with van der Waals surface area (Å²) in [5.74, 6) is 0.197. The highest BCUT2D eigenvalue weighted by Gasteiger charge is 2.22. The Bertz CT molecular complexity index is 343. The molecule has 3 heteroatoms. The van der Waals surface area contributed by atoms with Crippen LogP contribution in [0.2, 0.25) is 0 Å². The number of nitrogens with two attached hydrogens (primary N) is 1. The predicted octanol–water partition coefficient (Wildman–Crippen LogP) is 3.06. The van der Waals surface area contributed by atoms with Gasteiger partial charge in [0, 0.05) is 6.04 Å². The Labute approximate surface area is 109 Å². The Balaban J connectivity index is 0.000000180. The molecule has 0 radical (unpaired) electrons. The second-order valence-corrected chi connectivity index (χ2v) is 4.70. The first-order valence-corrected chi connectivity index (χ1v) is 6.53. The largest absolute Gasteiger partial charge is 0.469 e. The molecule has 2 rings (SSSR count). The summed E-state index contributed by atoms with van der Waals surface area (Å²) in [6.07, 6.45) is 4.46. The van der Waals surface area contributed by atoms with Gasteiger partial charge in [0.15, 0.2) is 0 Å². The van der Waals surface area contributed by atoms with Crippen LogP contribution in [0.1, 0.15) is 44.2 Å². The third kappa shape index (κ3) is 4.88. The van der Waals surface area contributed by atoms with Crippen molar-refractivity contribution in [2.75, 3.05) is 7.11 Å². The summed E-state index contributed by atoms with van der Waals surface area (Å²) in [6.45, 7) is 1.98. The summed E-state index contributed by atoms with van der Waals surface area (Å²) in [5, 5.41) is 0. The van der Waals surface area contributed by atoms with E-state index in [1.165, 1.54) is 25.5 Å². The molecule has 0 unspecified atom stereocenters. The molecular formula is C15H23NO2. The first kappa shape index (κ1) is 14.7. The molecule has 0 amide bonds. The molecule has 0 heterocycles. The monoisotopic (exact) mass is 249 g/mol. The topological polar surface area (TPSA) is 52.3 Å². The van der Waals surface area contributed by atoms with Crippen molar-refractivity contribution in [3.8, 4) is 0 Å². The number of methoxy groups -OCH3 is 1. The number of esters is 1. The molecule has 0 spiro atoms. The molecule has 1 saturated carbocycles. The number of carbonyl (C=O) groups is 1. The lowest BCUT2D eigenvalue weighted by molar-refractivity contribution is -0.145. The minimum Gasteiger partial charge on any atom is -0.469 e. The van der Waals surface area contributed by atoms with Crippen molar-refractivity contribution in [1.29, 1.82) is 0 Å². The van der Waals surface area contributed by atoms with Crippen LogP contribution in [0.15, 0.2) is 30.3 Å². The second-order valence-electron chi connectivity index (χ2n) is 4.70. The molecule has 100 valence electrons. The molecule has 2 N–H and O–H groups in total. The van der Waals surface area contributed by atoms with E-state index in [2.05, 4.69) is 4.74 Å². The molecule has 0 aliphatic heterocycles. The van der Waals surface area contributed by atoms with E-state index in [0.29, 0.717) is 0 Å². The van der Waals surface area contributed by atoms with Gasteiger partial charge in [0.25, 0.3) is 0 Å². The lowest BCUT2D eigenvalue weighted by Crippen LogP contribution is -2.11. The highest BCUT2D eigenvalue weighted by molar-refractivity contribution is 5.72. The maximum absolute atomic E-state index is 10.8. The van der Waals surface area contributed by atoms with Crippen LogP contribution < -0.4 is 5.73 Å². The molecule has 0 aromatic heterocycles. The van der Waals surface area contributed by atoms with Crippen LogP contribution in [0.4, 0.5) is 0 Å². The standard InChI is InChI=1S/C8H11N.C7H12O2/c1-7(9)8-5-3-2-4-6-8;1-9-7(8)6-4-2-3-5-6/h2-7H,9H2,1H3;6H,2-5H2,1H3/t7-;/m1./s1. The number of ether oxygens (including phenoxy) is 1. The molecular weight excluding hydrogens is 226 g/mol. The third-order valence-corrected chi connectivity index (χ3v) is 3.22. The van der Waals surface area contributed by atoms with Gasteiger partial charge in [-0.3, -0.25) is 4.79 Å². The number of hydrogen-bond acceptors (Lipinski definition) is 3. The number of carbonyl (C=O) groups excluding carboxylic acids is 1. The minimum atomic E-state index is -0.0208. The Morgan fingerprint density at radius 1 is 1.28 bits per heavy atom. The van der Waals surface area contributed by atoms with Gasteiger partial charge in [-0.25, -0.2) is 0 Å². The highest BCUT2D eigenvalue weighted by Crippen LogP contribution is 2.25. The van der Waals surface area contributed by atoms with E-state index >= 15 is 0 Å². The Hall–Kier alpha value is -1.35. The number of rotatable bonds is 2. The summed E-state index contributed by atoms with van der Waals surface area (Å²) in [7, 11) is 1.46. The van der Waals surface area contributed by atoms with Crippen LogP contribution in [-0.2, 0) is 9.53 Å². The fraction of sp³-hybridized carbons (Fsp3) is 0.533. The molecule has 1 aliphatic rings. The maximum Gasteiger partial charge on any atom is 0.308 e. The molecule has 1 aliphatic carbocycles. The van der Waals surface area contributed by atoms with Crippen molar-refractivity contribution in [2.45, 2.75) is 38.6 Å². The molecule has 1 aromatic carbocycles. The Morgan fingerprint density at radius 3 is 2.22 bits per heavy atom. The number of hydrogen-bond donors (Lipinski definition) is 1. The van der Waals surface area contributed by atoms with Crippen molar-refractivity contribution < 1.29 is 9.53 Å². The second kappa shape index (κ2) is 7.88. The average Bonchev–Trinajstić information content (AvgIpc) is 2.93. The van der Waals surface area contributed by atoms with Crippen molar-refractivity contribution in [3.05, 3.63) is 35.9 Å². The molecule has 0 bridgehead atoms. The average molecular weight is 249 g/mol. The van der Waals surface area contributed by atoms with Gasteiger partial charge in [0.2, 0.25) is 0 Å². The third-order valence-electron chi connectivity index (χ3n) is 3.22. The smallest absolute Gasteiger partial charge is 0.308 e. The van der Waals surface area contributed by atoms with E-state index in [1.807, 2.05) is 37.3 Å². The van der Waals surface area contributed by atoms with Gasteiger partial charge < -0.3 is 10.5 Å². The van der Waals surface area contributed by atoms with Crippen LogP contribution in [0, 0.1) is 5.92 Å². The fourth-order valence-corrected chi connectivity index (χ4v) is 2.08. The summed E-state index contributed by atoms with van der Waals surface area (Å²) in [6, 6.07) is 10.2. The van der Waals surface area contributed by atoms with Gasteiger partial charge in [-0.2, -0.15) is 0 Å². The van der Waals surface area contributed by atoms with Crippen LogP contribution >= 0.6 is 0 Å². The van der Waals surface area contributed by atoms with Crippen molar-refractivity contribution in [3.63, 3.8) is 0 Å². The van der Waals surface area contributed by atoms with Crippen molar-refractivity contribution in [2.24, 2.45) is 11.7 Å². The molecule has 1 aromatic rings. The maximum atomic E-state index is 10.8. The SMILES string of the molecule is COC(=O)C1CCCC1.C[C@@H](N)c1ccccc1. The van der Waals surface area contributed by atoms with Crippen LogP contribution in [0.3, 0.4) is 0 Å². The summed E-state index contributed by atoms with van der Waals surface area (Å²) in [5.41, 5.74) is 6.81. The quantitative estimate of drug-likeness (QED) is 0.820. The molecule has 1 atom stereocenters. The predicted molar refractivity (Wildman–Crippen MR) is 73.0 cm³/mol. The van der Waals surface area contributed by atoms with Gasteiger partial charge in [-0.05, 0) is 25.3 Å². The van der Waals surface area contributed by atoms with Crippen LogP contribution in [0.25, 0.3) is 0 Å². The zero-order valence-corrected chi connectivity index (χ0v) is 11.3. The van der Waals surface area contributed by atoms with Gasteiger partial charge >= 0.3 is 5.97 Å². The summed E-state index contributed by atoms with van der Waals surface area (Å²) < 4.78 is 4.60. The zero-order valence-electron chi connectivity index (χ0n) is 11.3. The molecule has 3 nitrogen and oxygen atoms in total. The normalized spacial score (nSPS) is 16.6. The lowest BCUT2D eigenvalue weighted by atomic mass is 10.1.